The average molecular weight is 290 g/mol. The molecule has 0 spiro atoms. The van der Waals surface area contributed by atoms with E-state index < -0.39 is 0 Å². The zero-order valence-electron chi connectivity index (χ0n) is 13.0. The first kappa shape index (κ1) is 15.8. The zero-order chi connectivity index (χ0) is 15.3. The molecule has 2 rings (SSSR count). The number of benzene rings is 1. The van der Waals surface area contributed by atoms with E-state index in [0.717, 1.165) is 43.5 Å². The Kier molecular flexibility index (Phi) is 5.23. The molecule has 0 heterocycles. The van der Waals surface area contributed by atoms with Crippen molar-refractivity contribution in [2.45, 2.75) is 64.0 Å². The Morgan fingerprint density at radius 1 is 1.43 bits per heavy atom. The van der Waals surface area contributed by atoms with Gasteiger partial charge >= 0.3 is 0 Å². The third-order valence-electron chi connectivity index (χ3n) is 4.14. The number of carbonyl (C=O) groups excluding carboxylic acids is 1. The summed E-state index contributed by atoms with van der Waals surface area (Å²) in [6.45, 7) is 4.11. The zero-order valence-corrected chi connectivity index (χ0v) is 13.0. The van der Waals surface area contributed by atoms with Crippen molar-refractivity contribution in [3.63, 3.8) is 0 Å². The highest BCUT2D eigenvalue weighted by Gasteiger charge is 2.31. The summed E-state index contributed by atoms with van der Waals surface area (Å²) in [7, 11) is 0. The summed E-state index contributed by atoms with van der Waals surface area (Å²) in [6, 6.07) is 7.53. The van der Waals surface area contributed by atoms with Crippen LogP contribution in [0.1, 0.15) is 52.4 Å². The second-order valence-electron chi connectivity index (χ2n) is 6.16. The van der Waals surface area contributed by atoms with Crippen LogP contribution in [0.4, 0.5) is 5.69 Å². The Morgan fingerprint density at radius 2 is 2.14 bits per heavy atom. The van der Waals surface area contributed by atoms with Crippen LogP contribution in [0.5, 0.6) is 5.75 Å². The summed E-state index contributed by atoms with van der Waals surface area (Å²) < 4.78 is 5.76. The Hall–Kier alpha value is -1.55. The smallest absolute Gasteiger partial charge is 0.226 e. The molecule has 1 amide bonds. The van der Waals surface area contributed by atoms with Gasteiger partial charge in [0.15, 0.2) is 0 Å². The lowest BCUT2D eigenvalue weighted by atomic mass is 9.94. The number of nitrogens with two attached hydrogens (primary N) is 1. The topological polar surface area (TPSA) is 64.3 Å². The van der Waals surface area contributed by atoms with E-state index in [4.69, 9.17) is 10.5 Å². The van der Waals surface area contributed by atoms with E-state index >= 15 is 0 Å². The van der Waals surface area contributed by atoms with Gasteiger partial charge in [-0.2, -0.15) is 0 Å². The van der Waals surface area contributed by atoms with E-state index in [2.05, 4.69) is 12.2 Å². The van der Waals surface area contributed by atoms with Crippen molar-refractivity contribution in [1.82, 2.24) is 0 Å². The van der Waals surface area contributed by atoms with Crippen molar-refractivity contribution in [1.29, 1.82) is 0 Å². The van der Waals surface area contributed by atoms with Crippen molar-refractivity contribution >= 4 is 11.6 Å². The molecular formula is C17H26N2O2. The van der Waals surface area contributed by atoms with Crippen molar-refractivity contribution in [3.05, 3.63) is 24.3 Å². The molecule has 1 aromatic carbocycles. The van der Waals surface area contributed by atoms with Crippen LogP contribution in [0.2, 0.25) is 0 Å². The number of hydrogen-bond acceptors (Lipinski definition) is 3. The molecule has 116 valence electrons. The quantitative estimate of drug-likeness (QED) is 0.843. The molecule has 1 saturated carbocycles. The van der Waals surface area contributed by atoms with Crippen LogP contribution in [0.15, 0.2) is 24.3 Å². The summed E-state index contributed by atoms with van der Waals surface area (Å²) in [4.78, 5) is 12.1. The van der Waals surface area contributed by atoms with Crippen LogP contribution in [-0.4, -0.2) is 17.6 Å². The molecule has 4 nitrogen and oxygen atoms in total. The SMILES string of the molecule is CCC(C)Oc1cccc(NC(=O)CC2(N)CCCC2)c1. The summed E-state index contributed by atoms with van der Waals surface area (Å²) in [5.41, 5.74) is 6.70. The molecule has 1 fully saturated rings. The predicted molar refractivity (Wildman–Crippen MR) is 85.5 cm³/mol. The standard InChI is InChI=1S/C17H26N2O2/c1-3-13(2)21-15-8-6-7-14(11-15)19-16(20)12-17(18)9-4-5-10-17/h6-8,11,13H,3-5,9-10,12,18H2,1-2H3,(H,19,20). The van der Waals surface area contributed by atoms with Gasteiger partial charge in [-0.25, -0.2) is 0 Å². The number of nitrogens with one attached hydrogen (secondary N) is 1. The first-order valence-corrected chi connectivity index (χ1v) is 7.86. The average Bonchev–Trinajstić information content (AvgIpc) is 2.85. The van der Waals surface area contributed by atoms with E-state index in [-0.39, 0.29) is 17.6 Å². The van der Waals surface area contributed by atoms with Crippen molar-refractivity contribution in [3.8, 4) is 5.75 Å². The minimum atomic E-state index is -0.311. The minimum absolute atomic E-state index is 0.0138. The number of rotatable bonds is 6. The maximum absolute atomic E-state index is 12.1. The van der Waals surface area contributed by atoms with Crippen molar-refractivity contribution in [2.75, 3.05) is 5.32 Å². The van der Waals surface area contributed by atoms with Gasteiger partial charge in [0.1, 0.15) is 5.75 Å². The summed E-state index contributed by atoms with van der Waals surface area (Å²) >= 11 is 0. The molecule has 21 heavy (non-hydrogen) atoms. The lowest BCUT2D eigenvalue weighted by molar-refractivity contribution is -0.117. The van der Waals surface area contributed by atoms with Gasteiger partial charge in [0.2, 0.25) is 5.91 Å². The van der Waals surface area contributed by atoms with Gasteiger partial charge in [-0.15, -0.1) is 0 Å². The molecule has 0 aromatic heterocycles. The fourth-order valence-corrected chi connectivity index (χ4v) is 2.74. The highest BCUT2D eigenvalue weighted by atomic mass is 16.5. The monoisotopic (exact) mass is 290 g/mol. The van der Waals surface area contributed by atoms with Crippen LogP contribution in [0.25, 0.3) is 0 Å². The molecule has 3 N–H and O–H groups in total. The van der Waals surface area contributed by atoms with E-state index in [9.17, 15) is 4.79 Å². The number of amides is 1. The highest BCUT2D eigenvalue weighted by Crippen LogP contribution is 2.30. The van der Waals surface area contributed by atoms with Crippen LogP contribution in [0, 0.1) is 0 Å². The third kappa shape index (κ3) is 4.74. The lowest BCUT2D eigenvalue weighted by Crippen LogP contribution is -2.40. The number of hydrogen-bond donors (Lipinski definition) is 2. The first-order chi connectivity index (χ1) is 10.0. The van der Waals surface area contributed by atoms with Gasteiger partial charge in [0.05, 0.1) is 6.10 Å². The molecule has 0 radical (unpaired) electrons. The Bertz CT molecular complexity index is 481. The van der Waals surface area contributed by atoms with E-state index in [1.807, 2.05) is 31.2 Å². The molecule has 1 aromatic rings. The number of anilines is 1. The van der Waals surface area contributed by atoms with Crippen LogP contribution >= 0.6 is 0 Å². The summed E-state index contributed by atoms with van der Waals surface area (Å²) in [5, 5.41) is 2.93. The van der Waals surface area contributed by atoms with Gasteiger partial charge < -0.3 is 15.8 Å². The summed E-state index contributed by atoms with van der Waals surface area (Å²) in [6.07, 6.45) is 5.65. The largest absolute Gasteiger partial charge is 0.491 e. The predicted octanol–water partition coefficient (Wildman–Crippen LogP) is 3.46. The third-order valence-corrected chi connectivity index (χ3v) is 4.14. The maximum Gasteiger partial charge on any atom is 0.226 e. The molecule has 1 aliphatic rings. The molecule has 4 heteroatoms. The molecular weight excluding hydrogens is 264 g/mol. The molecule has 0 bridgehead atoms. The Balaban J connectivity index is 1.92. The normalized spacial score (nSPS) is 18.2. The molecule has 1 aliphatic carbocycles. The summed E-state index contributed by atoms with van der Waals surface area (Å²) in [5.74, 6) is 0.769. The molecule has 0 aliphatic heterocycles. The second kappa shape index (κ2) is 6.94. The van der Waals surface area contributed by atoms with E-state index in [1.54, 1.807) is 0 Å². The number of carbonyl (C=O) groups is 1. The van der Waals surface area contributed by atoms with Gasteiger partial charge in [-0.05, 0) is 38.3 Å². The van der Waals surface area contributed by atoms with Crippen LogP contribution < -0.4 is 15.8 Å². The van der Waals surface area contributed by atoms with Crippen molar-refractivity contribution in [2.24, 2.45) is 5.73 Å². The maximum atomic E-state index is 12.1. The van der Waals surface area contributed by atoms with Gasteiger partial charge in [0, 0.05) is 23.7 Å². The fraction of sp³-hybridized carbons (Fsp3) is 0.588. The molecule has 1 atom stereocenters. The van der Waals surface area contributed by atoms with E-state index in [0.29, 0.717) is 6.42 Å². The first-order valence-electron chi connectivity index (χ1n) is 7.86. The van der Waals surface area contributed by atoms with Crippen LogP contribution in [-0.2, 0) is 4.79 Å². The Morgan fingerprint density at radius 3 is 2.81 bits per heavy atom. The van der Waals surface area contributed by atoms with Gasteiger partial charge in [-0.3, -0.25) is 4.79 Å². The number of ether oxygens (including phenoxy) is 1. The van der Waals surface area contributed by atoms with Gasteiger partial charge in [0.25, 0.3) is 0 Å². The Labute approximate surface area is 127 Å². The van der Waals surface area contributed by atoms with Crippen molar-refractivity contribution < 1.29 is 9.53 Å². The van der Waals surface area contributed by atoms with E-state index in [1.165, 1.54) is 0 Å². The molecule has 0 saturated heterocycles. The minimum Gasteiger partial charge on any atom is -0.491 e. The highest BCUT2D eigenvalue weighted by molar-refractivity contribution is 5.91. The second-order valence-corrected chi connectivity index (χ2v) is 6.16. The van der Waals surface area contributed by atoms with Gasteiger partial charge in [-0.1, -0.05) is 25.8 Å². The fourth-order valence-electron chi connectivity index (χ4n) is 2.74. The van der Waals surface area contributed by atoms with Crippen LogP contribution in [0.3, 0.4) is 0 Å². The molecule has 1 unspecified atom stereocenters. The lowest BCUT2D eigenvalue weighted by Gasteiger charge is -2.22.